The van der Waals surface area contributed by atoms with Gasteiger partial charge in [0.15, 0.2) is 0 Å². The van der Waals surface area contributed by atoms with Crippen molar-refractivity contribution in [1.29, 1.82) is 0 Å². The Morgan fingerprint density at radius 2 is 2.00 bits per heavy atom. The van der Waals surface area contributed by atoms with E-state index in [4.69, 9.17) is 11.6 Å². The van der Waals surface area contributed by atoms with Gasteiger partial charge in [-0.2, -0.15) is 13.2 Å². The summed E-state index contributed by atoms with van der Waals surface area (Å²) in [6, 6.07) is 7.80. The van der Waals surface area contributed by atoms with E-state index in [0.717, 1.165) is 12.1 Å². The Bertz CT molecular complexity index is 955. The second kappa shape index (κ2) is 6.30. The predicted octanol–water partition coefficient (Wildman–Crippen LogP) is 5.88. The number of carboxylic acids is 1. The topological polar surface area (TPSA) is 49.3 Å². The summed E-state index contributed by atoms with van der Waals surface area (Å²) >= 11 is 6.31. The van der Waals surface area contributed by atoms with Gasteiger partial charge in [0.25, 0.3) is 0 Å². The van der Waals surface area contributed by atoms with Crippen LogP contribution in [0.1, 0.15) is 45.4 Å². The van der Waals surface area contributed by atoms with Gasteiger partial charge in [0.05, 0.1) is 27.9 Å². The Hall–Kier alpha value is -2.47. The van der Waals surface area contributed by atoms with Gasteiger partial charge in [-0.1, -0.05) is 35.9 Å². The maximum atomic E-state index is 13.1. The van der Waals surface area contributed by atoms with E-state index in [2.05, 4.69) is 5.32 Å². The van der Waals surface area contributed by atoms with Crippen molar-refractivity contribution >= 4 is 23.3 Å². The van der Waals surface area contributed by atoms with Crippen LogP contribution in [0.25, 0.3) is 0 Å². The Morgan fingerprint density at radius 1 is 1.22 bits per heavy atom. The van der Waals surface area contributed by atoms with Crippen LogP contribution in [0.2, 0.25) is 5.02 Å². The van der Waals surface area contributed by atoms with Crippen LogP contribution in [0.3, 0.4) is 0 Å². The standard InChI is InChI=1S/C20H15ClF3NO2/c21-15-8-7-14(19(26)27)16-12-5-2-6-13(12)17(25-18(15)16)10-3-1-4-11(9-10)20(22,23)24/h1-5,7-9,12-13,17,25H,6H2,(H,26,27)/t12?,13?,17-/m1/s1. The van der Waals surface area contributed by atoms with Crippen molar-refractivity contribution in [3.63, 3.8) is 0 Å². The minimum Gasteiger partial charge on any atom is -0.478 e. The lowest BCUT2D eigenvalue weighted by molar-refractivity contribution is -0.137. The molecule has 0 fully saturated rings. The van der Waals surface area contributed by atoms with Crippen molar-refractivity contribution in [2.75, 3.05) is 5.32 Å². The smallest absolute Gasteiger partial charge is 0.416 e. The molecule has 140 valence electrons. The number of carboxylic acid groups (broad SMARTS) is 1. The van der Waals surface area contributed by atoms with Gasteiger partial charge in [0, 0.05) is 5.92 Å². The molecule has 1 aliphatic carbocycles. The molecule has 2 aromatic carbocycles. The van der Waals surface area contributed by atoms with Gasteiger partial charge >= 0.3 is 12.1 Å². The maximum Gasteiger partial charge on any atom is 0.416 e. The fourth-order valence-electron chi connectivity index (χ4n) is 4.10. The van der Waals surface area contributed by atoms with E-state index in [9.17, 15) is 23.1 Å². The molecule has 0 radical (unpaired) electrons. The molecule has 27 heavy (non-hydrogen) atoms. The van der Waals surface area contributed by atoms with Crippen molar-refractivity contribution < 1.29 is 23.1 Å². The molecule has 0 saturated carbocycles. The number of hydrogen-bond acceptors (Lipinski definition) is 2. The third kappa shape index (κ3) is 2.98. The molecular weight excluding hydrogens is 379 g/mol. The SMILES string of the molecule is O=C(O)c1ccc(Cl)c2c1C1C=CCC1[C@@H](c1cccc(C(F)(F)F)c1)N2. The Labute approximate surface area is 158 Å². The molecule has 0 bridgehead atoms. The van der Waals surface area contributed by atoms with Crippen LogP contribution < -0.4 is 5.32 Å². The molecule has 1 aliphatic heterocycles. The monoisotopic (exact) mass is 393 g/mol. The van der Waals surface area contributed by atoms with Crippen LogP contribution in [-0.2, 0) is 6.18 Å². The van der Waals surface area contributed by atoms with E-state index in [1.54, 1.807) is 6.07 Å². The Kier molecular flexibility index (Phi) is 4.18. The summed E-state index contributed by atoms with van der Waals surface area (Å²) < 4.78 is 39.4. The fourth-order valence-corrected chi connectivity index (χ4v) is 4.32. The molecular formula is C20H15ClF3NO2. The first-order chi connectivity index (χ1) is 12.8. The zero-order valence-corrected chi connectivity index (χ0v) is 14.7. The number of benzene rings is 2. The average molecular weight is 394 g/mol. The molecule has 7 heteroatoms. The number of nitrogens with one attached hydrogen (secondary N) is 1. The quantitative estimate of drug-likeness (QED) is 0.626. The lowest BCUT2D eigenvalue weighted by Gasteiger charge is -2.38. The van der Waals surface area contributed by atoms with E-state index in [-0.39, 0.29) is 17.4 Å². The number of anilines is 1. The van der Waals surface area contributed by atoms with Crippen LogP contribution >= 0.6 is 11.6 Å². The number of carbonyl (C=O) groups is 1. The number of aromatic carboxylic acids is 1. The van der Waals surface area contributed by atoms with E-state index >= 15 is 0 Å². The molecule has 1 heterocycles. The third-order valence-electron chi connectivity index (χ3n) is 5.27. The molecule has 2 unspecified atom stereocenters. The molecule has 2 aliphatic rings. The van der Waals surface area contributed by atoms with Gasteiger partial charge in [-0.3, -0.25) is 0 Å². The summed E-state index contributed by atoms with van der Waals surface area (Å²) in [6.45, 7) is 0. The first-order valence-corrected chi connectivity index (χ1v) is 8.81. The van der Waals surface area contributed by atoms with Crippen LogP contribution in [0.5, 0.6) is 0 Å². The average Bonchev–Trinajstić information content (AvgIpc) is 3.10. The lowest BCUT2D eigenvalue weighted by Crippen LogP contribution is -2.31. The van der Waals surface area contributed by atoms with E-state index in [0.29, 0.717) is 28.3 Å². The number of halogens is 4. The highest BCUT2D eigenvalue weighted by Crippen LogP contribution is 2.52. The first kappa shape index (κ1) is 17.9. The van der Waals surface area contributed by atoms with Crippen LogP contribution in [0.4, 0.5) is 18.9 Å². The number of alkyl halides is 3. The zero-order valence-electron chi connectivity index (χ0n) is 13.9. The van der Waals surface area contributed by atoms with Gasteiger partial charge in [-0.25, -0.2) is 4.79 Å². The highest BCUT2D eigenvalue weighted by molar-refractivity contribution is 6.33. The van der Waals surface area contributed by atoms with Crippen molar-refractivity contribution in [3.05, 3.63) is 75.8 Å². The highest BCUT2D eigenvalue weighted by Gasteiger charge is 2.41. The molecule has 2 N–H and O–H groups in total. The molecule has 0 saturated heterocycles. The number of fused-ring (bicyclic) bond motifs is 3. The summed E-state index contributed by atoms with van der Waals surface area (Å²) in [5, 5.41) is 13.1. The molecule has 3 atom stereocenters. The van der Waals surface area contributed by atoms with Gasteiger partial charge in [0.1, 0.15) is 0 Å². The maximum absolute atomic E-state index is 13.1. The largest absolute Gasteiger partial charge is 0.478 e. The van der Waals surface area contributed by atoms with Crippen LogP contribution in [0.15, 0.2) is 48.6 Å². The summed E-state index contributed by atoms with van der Waals surface area (Å²) in [6.07, 6.45) is 0.0839. The third-order valence-corrected chi connectivity index (χ3v) is 5.59. The second-order valence-corrected chi connectivity index (χ2v) is 7.19. The molecule has 0 spiro atoms. The summed E-state index contributed by atoms with van der Waals surface area (Å²) in [7, 11) is 0. The summed E-state index contributed by atoms with van der Waals surface area (Å²) in [5.74, 6) is -1.36. The number of rotatable bonds is 2. The summed E-state index contributed by atoms with van der Waals surface area (Å²) in [5.41, 5.74) is 1.03. The Morgan fingerprint density at radius 3 is 2.70 bits per heavy atom. The molecule has 3 nitrogen and oxygen atoms in total. The van der Waals surface area contributed by atoms with E-state index in [1.807, 2.05) is 12.2 Å². The second-order valence-electron chi connectivity index (χ2n) is 6.79. The van der Waals surface area contributed by atoms with Gasteiger partial charge in [0.2, 0.25) is 0 Å². The number of allylic oxidation sites excluding steroid dienone is 2. The van der Waals surface area contributed by atoms with Crippen molar-refractivity contribution in [2.24, 2.45) is 5.92 Å². The van der Waals surface area contributed by atoms with Gasteiger partial charge in [-0.05, 0) is 47.7 Å². The van der Waals surface area contributed by atoms with Gasteiger partial charge in [-0.15, -0.1) is 0 Å². The van der Waals surface area contributed by atoms with Crippen LogP contribution in [-0.4, -0.2) is 11.1 Å². The molecule has 2 aromatic rings. The Balaban J connectivity index is 1.84. The molecule has 0 amide bonds. The number of hydrogen-bond donors (Lipinski definition) is 2. The van der Waals surface area contributed by atoms with E-state index < -0.39 is 23.8 Å². The molecule has 0 aromatic heterocycles. The predicted molar refractivity (Wildman–Crippen MR) is 96.2 cm³/mol. The van der Waals surface area contributed by atoms with E-state index in [1.165, 1.54) is 18.2 Å². The summed E-state index contributed by atoms with van der Waals surface area (Å²) in [4.78, 5) is 11.7. The molecule has 4 rings (SSSR count). The van der Waals surface area contributed by atoms with Crippen molar-refractivity contribution in [2.45, 2.75) is 24.6 Å². The minimum atomic E-state index is -4.43. The fraction of sp³-hybridized carbons (Fsp3) is 0.250. The van der Waals surface area contributed by atoms with Gasteiger partial charge < -0.3 is 10.4 Å². The normalized spacial score (nSPS) is 23.5. The highest BCUT2D eigenvalue weighted by atomic mass is 35.5. The van der Waals surface area contributed by atoms with Crippen molar-refractivity contribution in [1.82, 2.24) is 0 Å². The lowest BCUT2D eigenvalue weighted by atomic mass is 9.75. The van der Waals surface area contributed by atoms with Crippen molar-refractivity contribution in [3.8, 4) is 0 Å². The first-order valence-electron chi connectivity index (χ1n) is 8.43. The zero-order chi connectivity index (χ0) is 19.3. The van der Waals surface area contributed by atoms with Crippen LogP contribution in [0, 0.1) is 5.92 Å². The minimum absolute atomic E-state index is 0.0856.